The Labute approximate surface area is 169 Å². The fourth-order valence-corrected chi connectivity index (χ4v) is 3.85. The van der Waals surface area contributed by atoms with Crippen LogP contribution in [0.15, 0.2) is 64.4 Å². The fourth-order valence-electron chi connectivity index (χ4n) is 2.93. The maximum absolute atomic E-state index is 13.2. The van der Waals surface area contributed by atoms with Crippen molar-refractivity contribution in [1.82, 2.24) is 9.78 Å². The van der Waals surface area contributed by atoms with Gasteiger partial charge in [-0.1, -0.05) is 24.3 Å². The maximum atomic E-state index is 13.2. The smallest absolute Gasteiger partial charge is 0.267 e. The molecule has 3 aromatic rings. The largest absolute Gasteiger partial charge is 0.390 e. The van der Waals surface area contributed by atoms with Gasteiger partial charge in [-0.05, 0) is 35.4 Å². The molecule has 0 saturated heterocycles. The molecule has 1 heterocycles. The number of aryl methyl sites for hydroxylation is 1. The van der Waals surface area contributed by atoms with E-state index in [9.17, 15) is 30.8 Å². The van der Waals surface area contributed by atoms with Gasteiger partial charge in [0.15, 0.2) is 9.84 Å². The van der Waals surface area contributed by atoms with Crippen molar-refractivity contribution in [3.8, 4) is 22.3 Å². The van der Waals surface area contributed by atoms with Crippen molar-refractivity contribution in [3.05, 3.63) is 70.9 Å². The van der Waals surface area contributed by atoms with E-state index in [2.05, 4.69) is 5.10 Å². The predicted octanol–water partition coefficient (Wildman–Crippen LogP) is 4.07. The standard InChI is InChI=1S/C20H16F4N2O3S/c1-30(28,29)18-12-14(4-7-16(18)13-2-5-15(21)6-3-13)17-8-10-25-26(19(17)27)11-9-20(22,23)24/h2-8,10,12H,9,11H2,1H3. The molecule has 0 aliphatic rings. The molecule has 0 radical (unpaired) electrons. The quantitative estimate of drug-likeness (QED) is 0.561. The summed E-state index contributed by atoms with van der Waals surface area (Å²) in [6, 6.07) is 10.8. The van der Waals surface area contributed by atoms with Crippen LogP contribution in [0.2, 0.25) is 0 Å². The highest BCUT2D eigenvalue weighted by Gasteiger charge is 2.27. The molecule has 0 N–H and O–H groups in total. The second-order valence-electron chi connectivity index (χ2n) is 6.63. The monoisotopic (exact) mass is 440 g/mol. The zero-order valence-corrected chi connectivity index (χ0v) is 16.5. The third-order valence-corrected chi connectivity index (χ3v) is 5.50. The van der Waals surface area contributed by atoms with E-state index >= 15 is 0 Å². The second kappa shape index (κ2) is 8.02. The molecule has 0 aliphatic carbocycles. The number of hydrogen-bond acceptors (Lipinski definition) is 4. The zero-order chi connectivity index (χ0) is 22.1. The van der Waals surface area contributed by atoms with Gasteiger partial charge >= 0.3 is 6.18 Å². The van der Waals surface area contributed by atoms with Gasteiger partial charge in [-0.25, -0.2) is 17.5 Å². The third kappa shape index (κ3) is 4.93. The molecule has 0 fully saturated rings. The zero-order valence-electron chi connectivity index (χ0n) is 15.6. The first-order valence-electron chi connectivity index (χ1n) is 8.69. The molecule has 10 heteroatoms. The maximum Gasteiger partial charge on any atom is 0.390 e. The molecule has 3 rings (SSSR count). The minimum atomic E-state index is -4.45. The first kappa shape index (κ1) is 21.7. The second-order valence-corrected chi connectivity index (χ2v) is 8.61. The number of sulfone groups is 1. The minimum absolute atomic E-state index is 0.0164. The van der Waals surface area contributed by atoms with Crippen molar-refractivity contribution in [2.75, 3.05) is 6.26 Å². The van der Waals surface area contributed by atoms with Crippen LogP contribution < -0.4 is 5.56 Å². The van der Waals surface area contributed by atoms with Gasteiger partial charge in [-0.2, -0.15) is 18.3 Å². The Morgan fingerprint density at radius 2 is 1.60 bits per heavy atom. The van der Waals surface area contributed by atoms with Crippen LogP contribution in [-0.2, 0) is 16.4 Å². The van der Waals surface area contributed by atoms with Gasteiger partial charge in [0.2, 0.25) is 0 Å². The Balaban J connectivity index is 2.10. The number of alkyl halides is 3. The summed E-state index contributed by atoms with van der Waals surface area (Å²) in [7, 11) is -3.74. The van der Waals surface area contributed by atoms with E-state index in [4.69, 9.17) is 0 Å². The van der Waals surface area contributed by atoms with Crippen LogP contribution in [0.4, 0.5) is 17.6 Å². The van der Waals surface area contributed by atoms with E-state index in [0.29, 0.717) is 15.8 Å². The molecule has 2 aromatic carbocycles. The molecule has 5 nitrogen and oxygen atoms in total. The number of nitrogens with zero attached hydrogens (tertiary/aromatic N) is 2. The summed E-state index contributed by atoms with van der Waals surface area (Å²) >= 11 is 0. The minimum Gasteiger partial charge on any atom is -0.267 e. The van der Waals surface area contributed by atoms with Gasteiger partial charge in [0.05, 0.1) is 23.4 Å². The van der Waals surface area contributed by atoms with E-state index in [0.717, 1.165) is 6.26 Å². The highest BCUT2D eigenvalue weighted by molar-refractivity contribution is 7.90. The van der Waals surface area contributed by atoms with Gasteiger partial charge < -0.3 is 0 Å². The Bertz CT molecular complexity index is 1230. The molecule has 0 aliphatic heterocycles. The Kier molecular flexibility index (Phi) is 5.80. The topological polar surface area (TPSA) is 69.0 Å². The van der Waals surface area contributed by atoms with E-state index in [1.165, 1.54) is 54.7 Å². The third-order valence-electron chi connectivity index (χ3n) is 4.37. The lowest BCUT2D eigenvalue weighted by atomic mass is 10.0. The number of benzene rings is 2. The summed E-state index contributed by atoms with van der Waals surface area (Å²) in [5.74, 6) is -0.479. The summed E-state index contributed by atoms with van der Waals surface area (Å²) in [5, 5.41) is 3.66. The molecular formula is C20H16F4N2O3S. The number of halogens is 4. The van der Waals surface area contributed by atoms with Gasteiger partial charge in [-0.15, -0.1) is 0 Å². The number of rotatable bonds is 5. The first-order chi connectivity index (χ1) is 14.0. The van der Waals surface area contributed by atoms with Gasteiger partial charge in [-0.3, -0.25) is 4.79 Å². The summed E-state index contributed by atoms with van der Waals surface area (Å²) in [4.78, 5) is 12.5. The molecule has 0 bridgehead atoms. The van der Waals surface area contributed by atoms with Crippen LogP contribution in [0.5, 0.6) is 0 Å². The molecule has 0 saturated carbocycles. The molecule has 0 spiro atoms. The lowest BCUT2D eigenvalue weighted by Gasteiger charge is -2.12. The highest BCUT2D eigenvalue weighted by Crippen LogP contribution is 2.31. The molecule has 158 valence electrons. The Morgan fingerprint density at radius 1 is 0.967 bits per heavy atom. The normalized spacial score (nSPS) is 12.2. The molecule has 0 amide bonds. The lowest BCUT2D eigenvalue weighted by Crippen LogP contribution is -2.26. The van der Waals surface area contributed by atoms with E-state index in [1.54, 1.807) is 0 Å². The Morgan fingerprint density at radius 3 is 2.20 bits per heavy atom. The van der Waals surface area contributed by atoms with Crippen LogP contribution in [0.3, 0.4) is 0 Å². The highest BCUT2D eigenvalue weighted by atomic mass is 32.2. The van der Waals surface area contributed by atoms with Crippen molar-refractivity contribution < 1.29 is 26.0 Å². The number of hydrogen-bond donors (Lipinski definition) is 0. The van der Waals surface area contributed by atoms with Crippen molar-refractivity contribution in [3.63, 3.8) is 0 Å². The van der Waals surface area contributed by atoms with E-state index in [1.807, 2.05) is 0 Å². The summed E-state index contributed by atoms with van der Waals surface area (Å²) < 4.78 is 76.0. The SMILES string of the molecule is CS(=O)(=O)c1cc(-c2ccnn(CCC(F)(F)F)c2=O)ccc1-c1ccc(F)cc1. The van der Waals surface area contributed by atoms with Crippen LogP contribution in [0.1, 0.15) is 6.42 Å². The summed E-state index contributed by atoms with van der Waals surface area (Å²) in [6.45, 7) is -0.650. The summed E-state index contributed by atoms with van der Waals surface area (Å²) in [5.41, 5.74) is 0.237. The molecular weight excluding hydrogens is 424 g/mol. The van der Waals surface area contributed by atoms with Crippen molar-refractivity contribution in [2.24, 2.45) is 0 Å². The van der Waals surface area contributed by atoms with Gasteiger partial charge in [0, 0.05) is 18.0 Å². The van der Waals surface area contributed by atoms with Crippen molar-refractivity contribution >= 4 is 9.84 Å². The molecule has 1 aromatic heterocycles. The van der Waals surface area contributed by atoms with E-state index < -0.39 is 40.4 Å². The average Bonchev–Trinajstić information content (AvgIpc) is 2.66. The van der Waals surface area contributed by atoms with Crippen LogP contribution in [-0.4, -0.2) is 30.6 Å². The number of aromatic nitrogens is 2. The first-order valence-corrected chi connectivity index (χ1v) is 10.6. The molecule has 0 atom stereocenters. The predicted molar refractivity (Wildman–Crippen MR) is 103 cm³/mol. The fraction of sp³-hybridized carbons (Fsp3) is 0.200. The van der Waals surface area contributed by atoms with E-state index in [-0.39, 0.29) is 16.0 Å². The summed E-state index contributed by atoms with van der Waals surface area (Å²) in [6.07, 6.45) is -3.49. The van der Waals surface area contributed by atoms with Crippen LogP contribution in [0, 0.1) is 5.82 Å². The van der Waals surface area contributed by atoms with Crippen LogP contribution in [0.25, 0.3) is 22.3 Å². The molecule has 30 heavy (non-hydrogen) atoms. The molecule has 0 unspecified atom stereocenters. The Hall–Kier alpha value is -3.01. The van der Waals surface area contributed by atoms with Crippen molar-refractivity contribution in [2.45, 2.75) is 24.0 Å². The average molecular weight is 440 g/mol. The lowest BCUT2D eigenvalue weighted by molar-refractivity contribution is -0.137. The van der Waals surface area contributed by atoms with Gasteiger partial charge in [0.1, 0.15) is 5.82 Å². The van der Waals surface area contributed by atoms with Gasteiger partial charge in [0.25, 0.3) is 5.56 Å². The van der Waals surface area contributed by atoms with Crippen molar-refractivity contribution in [1.29, 1.82) is 0 Å². The van der Waals surface area contributed by atoms with Crippen LogP contribution >= 0.6 is 0 Å².